The summed E-state index contributed by atoms with van der Waals surface area (Å²) in [6.45, 7) is 2.71. The molecule has 1 N–H and O–H groups in total. The highest BCUT2D eigenvalue weighted by atomic mass is 16.1. The SMILES string of the molecule is CCCCn1c(N/N=C/c2ccc(N(C)C)cc2)nc2ccccc2c1=O. The summed E-state index contributed by atoms with van der Waals surface area (Å²) in [6.07, 6.45) is 3.63. The zero-order valence-electron chi connectivity index (χ0n) is 16.0. The van der Waals surface area contributed by atoms with Crippen LogP contribution in [0.2, 0.25) is 0 Å². The normalized spacial score (nSPS) is 11.2. The van der Waals surface area contributed by atoms with Crippen molar-refractivity contribution in [2.75, 3.05) is 24.4 Å². The van der Waals surface area contributed by atoms with Crippen LogP contribution in [0.5, 0.6) is 0 Å². The summed E-state index contributed by atoms with van der Waals surface area (Å²) in [5.74, 6) is 0.466. The van der Waals surface area contributed by atoms with Gasteiger partial charge in [0.25, 0.3) is 5.56 Å². The van der Waals surface area contributed by atoms with Gasteiger partial charge in [-0.3, -0.25) is 9.36 Å². The maximum Gasteiger partial charge on any atom is 0.262 e. The second kappa shape index (κ2) is 8.49. The molecule has 0 atom stereocenters. The topological polar surface area (TPSA) is 62.5 Å². The summed E-state index contributed by atoms with van der Waals surface area (Å²) in [4.78, 5) is 19.5. The quantitative estimate of drug-likeness (QED) is 0.513. The van der Waals surface area contributed by atoms with Gasteiger partial charge >= 0.3 is 0 Å². The lowest BCUT2D eigenvalue weighted by Crippen LogP contribution is -2.24. The van der Waals surface area contributed by atoms with Gasteiger partial charge < -0.3 is 4.90 Å². The molecule has 2 aromatic carbocycles. The fourth-order valence-corrected chi connectivity index (χ4v) is 2.80. The van der Waals surface area contributed by atoms with E-state index in [0.717, 1.165) is 24.1 Å². The van der Waals surface area contributed by atoms with Gasteiger partial charge in [-0.25, -0.2) is 10.4 Å². The molecule has 140 valence electrons. The van der Waals surface area contributed by atoms with Crippen molar-refractivity contribution in [1.29, 1.82) is 0 Å². The third-order valence-corrected chi connectivity index (χ3v) is 4.38. The van der Waals surface area contributed by atoms with E-state index in [4.69, 9.17) is 0 Å². The molecule has 0 saturated heterocycles. The standard InChI is InChI=1S/C21H25N5O/c1-4-5-14-26-20(27)18-8-6-7-9-19(18)23-21(26)24-22-15-16-10-12-17(13-11-16)25(2)3/h6-13,15H,4-5,14H2,1-3H3,(H,23,24)/b22-15+. The Labute approximate surface area is 159 Å². The molecule has 0 saturated carbocycles. The number of hydrogen-bond acceptors (Lipinski definition) is 5. The molecule has 6 nitrogen and oxygen atoms in total. The number of nitrogens with one attached hydrogen (secondary N) is 1. The molecule has 6 heteroatoms. The van der Waals surface area contributed by atoms with Crippen molar-refractivity contribution in [2.24, 2.45) is 5.10 Å². The molecule has 0 amide bonds. The predicted octanol–water partition coefficient (Wildman–Crippen LogP) is 3.71. The summed E-state index contributed by atoms with van der Waals surface area (Å²) in [6, 6.07) is 15.5. The summed E-state index contributed by atoms with van der Waals surface area (Å²) in [5, 5.41) is 4.92. The lowest BCUT2D eigenvalue weighted by atomic mass is 10.2. The van der Waals surface area contributed by atoms with Crippen LogP contribution < -0.4 is 15.9 Å². The molecular formula is C21H25N5O. The van der Waals surface area contributed by atoms with Crippen molar-refractivity contribution in [3.05, 3.63) is 64.4 Å². The van der Waals surface area contributed by atoms with E-state index in [2.05, 4.69) is 22.4 Å². The van der Waals surface area contributed by atoms with Gasteiger partial charge in [0.05, 0.1) is 17.1 Å². The minimum atomic E-state index is -0.0397. The van der Waals surface area contributed by atoms with Crippen LogP contribution in [0.1, 0.15) is 25.3 Å². The molecule has 0 aliphatic heterocycles. The van der Waals surface area contributed by atoms with Crippen LogP contribution >= 0.6 is 0 Å². The van der Waals surface area contributed by atoms with E-state index in [1.807, 2.05) is 67.5 Å². The Kier molecular flexibility index (Phi) is 5.86. The van der Waals surface area contributed by atoms with Gasteiger partial charge in [0.2, 0.25) is 5.95 Å². The molecule has 0 aliphatic carbocycles. The minimum absolute atomic E-state index is 0.0397. The summed E-state index contributed by atoms with van der Waals surface area (Å²) in [5.41, 5.74) is 5.68. The van der Waals surface area contributed by atoms with Crippen LogP contribution in [0.15, 0.2) is 58.4 Å². The third-order valence-electron chi connectivity index (χ3n) is 4.38. The highest BCUT2D eigenvalue weighted by Crippen LogP contribution is 2.13. The Morgan fingerprint density at radius 2 is 1.89 bits per heavy atom. The van der Waals surface area contributed by atoms with Gasteiger partial charge in [-0.15, -0.1) is 0 Å². The molecule has 3 aromatic rings. The summed E-state index contributed by atoms with van der Waals surface area (Å²) < 4.78 is 1.66. The molecule has 0 spiro atoms. The van der Waals surface area contributed by atoms with E-state index >= 15 is 0 Å². The number of aromatic nitrogens is 2. The maximum atomic E-state index is 12.8. The Morgan fingerprint density at radius 3 is 2.59 bits per heavy atom. The molecule has 0 aliphatic rings. The van der Waals surface area contributed by atoms with Crippen LogP contribution in [-0.4, -0.2) is 29.9 Å². The van der Waals surface area contributed by atoms with Crippen LogP contribution in [0, 0.1) is 0 Å². The first-order chi connectivity index (χ1) is 13.1. The molecule has 3 rings (SSSR count). The van der Waals surface area contributed by atoms with Gasteiger partial charge in [0.1, 0.15) is 0 Å². The van der Waals surface area contributed by atoms with Crippen molar-refractivity contribution >= 4 is 28.8 Å². The maximum absolute atomic E-state index is 12.8. The summed E-state index contributed by atoms with van der Waals surface area (Å²) >= 11 is 0. The molecule has 1 heterocycles. The fraction of sp³-hybridized carbons (Fsp3) is 0.286. The molecule has 27 heavy (non-hydrogen) atoms. The highest BCUT2D eigenvalue weighted by Gasteiger charge is 2.09. The Morgan fingerprint density at radius 1 is 1.15 bits per heavy atom. The Hall–Kier alpha value is -3.15. The Balaban J connectivity index is 1.87. The number of hydrogen-bond donors (Lipinski definition) is 1. The number of hydrazone groups is 1. The number of para-hydroxylation sites is 1. The number of unbranched alkanes of at least 4 members (excludes halogenated alkanes) is 1. The van der Waals surface area contributed by atoms with Crippen molar-refractivity contribution in [3.8, 4) is 0 Å². The first kappa shape index (κ1) is 18.6. The number of benzene rings is 2. The highest BCUT2D eigenvalue weighted by molar-refractivity contribution is 5.81. The van der Waals surface area contributed by atoms with Crippen molar-refractivity contribution in [3.63, 3.8) is 0 Å². The molecule has 0 fully saturated rings. The van der Waals surface area contributed by atoms with Crippen LogP contribution in [0.25, 0.3) is 10.9 Å². The van der Waals surface area contributed by atoms with Crippen molar-refractivity contribution in [1.82, 2.24) is 9.55 Å². The second-order valence-electron chi connectivity index (χ2n) is 6.62. The fourth-order valence-electron chi connectivity index (χ4n) is 2.80. The van der Waals surface area contributed by atoms with E-state index in [-0.39, 0.29) is 5.56 Å². The predicted molar refractivity (Wildman–Crippen MR) is 113 cm³/mol. The van der Waals surface area contributed by atoms with E-state index in [0.29, 0.717) is 23.4 Å². The second-order valence-corrected chi connectivity index (χ2v) is 6.62. The average molecular weight is 363 g/mol. The lowest BCUT2D eigenvalue weighted by molar-refractivity contribution is 0.614. The molecular weight excluding hydrogens is 338 g/mol. The molecule has 1 aromatic heterocycles. The van der Waals surface area contributed by atoms with E-state index in [1.54, 1.807) is 10.8 Å². The number of nitrogens with zero attached hydrogens (tertiary/aromatic N) is 4. The van der Waals surface area contributed by atoms with Crippen molar-refractivity contribution < 1.29 is 0 Å². The van der Waals surface area contributed by atoms with E-state index < -0.39 is 0 Å². The molecule has 0 unspecified atom stereocenters. The number of anilines is 2. The monoisotopic (exact) mass is 363 g/mol. The zero-order valence-corrected chi connectivity index (χ0v) is 16.0. The van der Waals surface area contributed by atoms with Gasteiger partial charge in [-0.1, -0.05) is 37.6 Å². The van der Waals surface area contributed by atoms with E-state index in [1.165, 1.54) is 0 Å². The smallest absolute Gasteiger partial charge is 0.262 e. The first-order valence-corrected chi connectivity index (χ1v) is 9.16. The van der Waals surface area contributed by atoms with Crippen LogP contribution in [0.4, 0.5) is 11.6 Å². The third kappa shape index (κ3) is 4.34. The van der Waals surface area contributed by atoms with Gasteiger partial charge in [0.15, 0.2) is 0 Å². The zero-order chi connectivity index (χ0) is 19.2. The van der Waals surface area contributed by atoms with Gasteiger partial charge in [-0.2, -0.15) is 5.10 Å². The summed E-state index contributed by atoms with van der Waals surface area (Å²) in [7, 11) is 4.01. The van der Waals surface area contributed by atoms with Crippen molar-refractivity contribution in [2.45, 2.75) is 26.3 Å². The average Bonchev–Trinajstić information content (AvgIpc) is 2.68. The van der Waals surface area contributed by atoms with Gasteiger partial charge in [0, 0.05) is 26.3 Å². The molecule has 0 bridgehead atoms. The lowest BCUT2D eigenvalue weighted by Gasteiger charge is -2.12. The van der Waals surface area contributed by atoms with Crippen LogP contribution in [-0.2, 0) is 6.54 Å². The minimum Gasteiger partial charge on any atom is -0.378 e. The number of fused-ring (bicyclic) bond motifs is 1. The Bertz CT molecular complexity index is 990. The van der Waals surface area contributed by atoms with Gasteiger partial charge in [-0.05, 0) is 36.2 Å². The number of rotatable bonds is 7. The molecule has 0 radical (unpaired) electrons. The largest absolute Gasteiger partial charge is 0.378 e. The first-order valence-electron chi connectivity index (χ1n) is 9.16. The van der Waals surface area contributed by atoms with E-state index in [9.17, 15) is 4.79 Å². The van der Waals surface area contributed by atoms with Crippen LogP contribution in [0.3, 0.4) is 0 Å².